The Hall–Kier alpha value is -1.99. The van der Waals surface area contributed by atoms with E-state index < -0.39 is 0 Å². The summed E-state index contributed by atoms with van der Waals surface area (Å²) in [4.78, 5) is 16.3. The molecule has 0 aliphatic carbocycles. The fourth-order valence-corrected chi connectivity index (χ4v) is 2.75. The Balaban J connectivity index is 1.57. The zero-order valence-electron chi connectivity index (χ0n) is 12.5. The number of rotatable bonds is 5. The Morgan fingerprint density at radius 2 is 1.88 bits per heavy atom. The Morgan fingerprint density at radius 3 is 2.62 bits per heavy atom. The van der Waals surface area contributed by atoms with Crippen LogP contribution >= 0.6 is 31.9 Å². The maximum Gasteiger partial charge on any atom is 0.227 e. The Labute approximate surface area is 155 Å². The van der Waals surface area contributed by atoms with Gasteiger partial charge < -0.3 is 9.84 Å². The van der Waals surface area contributed by atoms with Crippen LogP contribution in [-0.4, -0.2) is 16.0 Å². The fraction of sp³-hybridized carbons (Fsp3) is 0.118. The molecule has 0 aliphatic rings. The molecule has 0 aliphatic heterocycles. The van der Waals surface area contributed by atoms with E-state index in [1.165, 1.54) is 0 Å². The number of halogens is 2. The molecular formula is C17H13Br2N3O2. The number of nitrogens with zero attached hydrogens (tertiary/aromatic N) is 2. The molecule has 0 bridgehead atoms. The molecule has 1 N–H and O–H groups in total. The van der Waals surface area contributed by atoms with Gasteiger partial charge in [0, 0.05) is 33.0 Å². The maximum atomic E-state index is 12.0. The molecule has 1 aromatic heterocycles. The van der Waals surface area contributed by atoms with Crippen LogP contribution in [0.1, 0.15) is 12.3 Å². The summed E-state index contributed by atoms with van der Waals surface area (Å²) >= 11 is 6.75. The van der Waals surface area contributed by atoms with Gasteiger partial charge in [0.25, 0.3) is 0 Å². The van der Waals surface area contributed by atoms with Crippen LogP contribution in [0.4, 0.5) is 5.69 Å². The molecule has 3 aromatic rings. The first-order valence-corrected chi connectivity index (χ1v) is 8.83. The van der Waals surface area contributed by atoms with Gasteiger partial charge in [-0.1, -0.05) is 43.1 Å². The lowest BCUT2D eigenvalue weighted by molar-refractivity contribution is -0.116. The molecule has 0 unspecified atom stereocenters. The number of benzene rings is 2. The number of carbonyl (C=O) groups is 1. The summed E-state index contributed by atoms with van der Waals surface area (Å²) in [7, 11) is 0. The third-order valence-electron chi connectivity index (χ3n) is 3.24. The van der Waals surface area contributed by atoms with Gasteiger partial charge in [-0.3, -0.25) is 4.79 Å². The van der Waals surface area contributed by atoms with Gasteiger partial charge in [0.15, 0.2) is 0 Å². The first-order chi connectivity index (χ1) is 11.6. The summed E-state index contributed by atoms with van der Waals surface area (Å²) in [5.41, 5.74) is 1.61. The largest absolute Gasteiger partial charge is 0.339 e. The summed E-state index contributed by atoms with van der Waals surface area (Å²) in [5, 5.41) is 6.78. The Bertz CT molecular complexity index is 847. The maximum absolute atomic E-state index is 12.0. The van der Waals surface area contributed by atoms with Gasteiger partial charge in [0.1, 0.15) is 0 Å². The van der Waals surface area contributed by atoms with Crippen molar-refractivity contribution in [2.24, 2.45) is 0 Å². The summed E-state index contributed by atoms with van der Waals surface area (Å²) in [5.74, 6) is 0.860. The Morgan fingerprint density at radius 1 is 1.08 bits per heavy atom. The van der Waals surface area contributed by atoms with Crippen molar-refractivity contribution in [3.05, 3.63) is 63.4 Å². The highest BCUT2D eigenvalue weighted by Gasteiger charge is 2.11. The Kier molecular flexibility index (Phi) is 5.42. The standard InChI is InChI=1S/C17H13Br2N3O2/c18-12-6-4-11(5-7-12)17-21-16(24-22-17)9-8-15(23)20-14-3-1-2-13(19)10-14/h1-7,10H,8-9H2,(H,20,23). The van der Waals surface area contributed by atoms with Gasteiger partial charge >= 0.3 is 0 Å². The van der Waals surface area contributed by atoms with Crippen molar-refractivity contribution in [2.45, 2.75) is 12.8 Å². The van der Waals surface area contributed by atoms with Crippen molar-refractivity contribution in [3.63, 3.8) is 0 Å². The monoisotopic (exact) mass is 449 g/mol. The molecule has 0 saturated heterocycles. The van der Waals surface area contributed by atoms with Gasteiger partial charge in [0.05, 0.1) is 0 Å². The molecule has 5 nitrogen and oxygen atoms in total. The predicted octanol–water partition coefficient (Wildman–Crippen LogP) is 4.83. The minimum atomic E-state index is -0.100. The molecule has 0 saturated carbocycles. The smallest absolute Gasteiger partial charge is 0.227 e. The lowest BCUT2D eigenvalue weighted by atomic mass is 10.2. The third-order valence-corrected chi connectivity index (χ3v) is 4.27. The molecule has 0 spiro atoms. The summed E-state index contributed by atoms with van der Waals surface area (Å²) in [6, 6.07) is 15.1. The normalized spacial score (nSPS) is 10.6. The van der Waals surface area contributed by atoms with Crippen molar-refractivity contribution >= 4 is 43.5 Å². The number of amides is 1. The molecule has 122 valence electrons. The SMILES string of the molecule is O=C(CCc1nc(-c2ccc(Br)cc2)no1)Nc1cccc(Br)c1. The predicted molar refractivity (Wildman–Crippen MR) is 98.5 cm³/mol. The van der Waals surface area contributed by atoms with E-state index in [-0.39, 0.29) is 12.3 Å². The minimum absolute atomic E-state index is 0.100. The topological polar surface area (TPSA) is 68.0 Å². The van der Waals surface area contributed by atoms with Crippen LogP contribution in [0, 0.1) is 0 Å². The van der Waals surface area contributed by atoms with E-state index in [4.69, 9.17) is 4.52 Å². The van der Waals surface area contributed by atoms with Crippen LogP contribution in [0.15, 0.2) is 62.0 Å². The molecule has 1 amide bonds. The van der Waals surface area contributed by atoms with Crippen molar-refractivity contribution in [3.8, 4) is 11.4 Å². The van der Waals surface area contributed by atoms with Crippen molar-refractivity contribution in [1.29, 1.82) is 0 Å². The number of nitrogens with one attached hydrogen (secondary N) is 1. The van der Waals surface area contributed by atoms with Crippen LogP contribution in [0.5, 0.6) is 0 Å². The van der Waals surface area contributed by atoms with E-state index in [1.54, 1.807) is 0 Å². The average molecular weight is 451 g/mol. The highest BCUT2D eigenvalue weighted by atomic mass is 79.9. The molecule has 1 heterocycles. The van der Waals surface area contributed by atoms with Crippen molar-refractivity contribution in [2.75, 3.05) is 5.32 Å². The summed E-state index contributed by atoms with van der Waals surface area (Å²) in [6.45, 7) is 0. The van der Waals surface area contributed by atoms with E-state index in [0.717, 1.165) is 20.2 Å². The first kappa shape index (κ1) is 16.9. The number of aryl methyl sites for hydroxylation is 1. The molecule has 7 heteroatoms. The number of carbonyl (C=O) groups excluding carboxylic acids is 1. The van der Waals surface area contributed by atoms with E-state index in [1.807, 2.05) is 48.5 Å². The molecule has 0 fully saturated rings. The summed E-state index contributed by atoms with van der Waals surface area (Å²) in [6.07, 6.45) is 0.665. The molecule has 3 rings (SSSR count). The van der Waals surface area contributed by atoms with Gasteiger partial charge in [-0.25, -0.2) is 0 Å². The van der Waals surface area contributed by atoms with Crippen LogP contribution in [0.25, 0.3) is 11.4 Å². The van der Waals surface area contributed by atoms with Gasteiger partial charge in [-0.2, -0.15) is 4.98 Å². The number of hydrogen-bond donors (Lipinski definition) is 1. The molecule has 24 heavy (non-hydrogen) atoms. The fourth-order valence-electron chi connectivity index (χ4n) is 2.08. The quantitative estimate of drug-likeness (QED) is 0.604. The highest BCUT2D eigenvalue weighted by molar-refractivity contribution is 9.10. The number of hydrogen-bond acceptors (Lipinski definition) is 4. The first-order valence-electron chi connectivity index (χ1n) is 7.24. The van der Waals surface area contributed by atoms with E-state index in [2.05, 4.69) is 47.3 Å². The van der Waals surface area contributed by atoms with Gasteiger partial charge in [-0.05, 0) is 42.5 Å². The second kappa shape index (κ2) is 7.72. The molecular weight excluding hydrogens is 438 g/mol. The molecule has 2 aromatic carbocycles. The molecule has 0 atom stereocenters. The van der Waals surface area contributed by atoms with E-state index in [9.17, 15) is 4.79 Å². The lowest BCUT2D eigenvalue weighted by Gasteiger charge is -2.04. The van der Waals surface area contributed by atoms with Gasteiger partial charge in [0.2, 0.25) is 17.6 Å². The van der Waals surface area contributed by atoms with Gasteiger partial charge in [-0.15, -0.1) is 0 Å². The van der Waals surface area contributed by atoms with Crippen LogP contribution in [0.2, 0.25) is 0 Å². The average Bonchev–Trinajstić information content (AvgIpc) is 3.03. The second-order valence-corrected chi connectivity index (χ2v) is 6.91. The van der Waals surface area contributed by atoms with Crippen LogP contribution in [0.3, 0.4) is 0 Å². The number of anilines is 1. The lowest BCUT2D eigenvalue weighted by Crippen LogP contribution is -2.12. The van der Waals surface area contributed by atoms with Crippen molar-refractivity contribution in [1.82, 2.24) is 10.1 Å². The van der Waals surface area contributed by atoms with E-state index >= 15 is 0 Å². The number of aromatic nitrogens is 2. The zero-order valence-corrected chi connectivity index (χ0v) is 15.7. The minimum Gasteiger partial charge on any atom is -0.339 e. The van der Waals surface area contributed by atoms with Crippen LogP contribution < -0.4 is 5.32 Å². The van der Waals surface area contributed by atoms with Crippen LogP contribution in [-0.2, 0) is 11.2 Å². The molecule has 0 radical (unpaired) electrons. The second-order valence-electron chi connectivity index (χ2n) is 5.08. The zero-order chi connectivity index (χ0) is 16.9. The summed E-state index contributed by atoms with van der Waals surface area (Å²) < 4.78 is 7.11. The van der Waals surface area contributed by atoms with E-state index in [0.29, 0.717) is 18.1 Å². The van der Waals surface area contributed by atoms with Crippen molar-refractivity contribution < 1.29 is 9.32 Å². The third kappa shape index (κ3) is 4.52. The highest BCUT2D eigenvalue weighted by Crippen LogP contribution is 2.19.